The zero-order chi connectivity index (χ0) is 15.6. The molecular formula is C13H15F3N2O3. The van der Waals surface area contributed by atoms with Gasteiger partial charge in [0.15, 0.2) is 0 Å². The van der Waals surface area contributed by atoms with Crippen LogP contribution in [0.5, 0.6) is 5.75 Å². The molecule has 0 bridgehead atoms. The Labute approximate surface area is 118 Å². The Hall–Kier alpha value is -1.99. The minimum absolute atomic E-state index is 0.000972. The van der Waals surface area contributed by atoms with Crippen LogP contribution in [-0.2, 0) is 0 Å². The minimum atomic E-state index is -4.33. The van der Waals surface area contributed by atoms with Gasteiger partial charge in [-0.3, -0.25) is 10.1 Å². The zero-order valence-corrected chi connectivity index (χ0v) is 11.1. The van der Waals surface area contributed by atoms with Crippen LogP contribution in [-0.4, -0.2) is 22.2 Å². The molecule has 8 heteroatoms. The van der Waals surface area contributed by atoms with Gasteiger partial charge in [-0.1, -0.05) is 12.8 Å². The van der Waals surface area contributed by atoms with Gasteiger partial charge in [0.1, 0.15) is 11.4 Å². The van der Waals surface area contributed by atoms with Gasteiger partial charge in [-0.15, -0.1) is 0 Å². The topological polar surface area (TPSA) is 75.4 Å². The largest absolute Gasteiger partial charge is 0.508 e. The van der Waals surface area contributed by atoms with Crippen LogP contribution in [0.1, 0.15) is 25.7 Å². The molecule has 0 aliphatic heterocycles. The number of phenols is 1. The maximum absolute atomic E-state index is 13.0. The number of halogens is 3. The number of anilines is 1. The molecule has 1 aromatic carbocycles. The van der Waals surface area contributed by atoms with E-state index in [0.717, 1.165) is 6.07 Å². The van der Waals surface area contributed by atoms with E-state index in [1.165, 1.54) is 12.1 Å². The lowest BCUT2D eigenvalue weighted by molar-refractivity contribution is -0.384. The maximum Gasteiger partial charge on any atom is 0.393 e. The number of aromatic hydroxyl groups is 1. The summed E-state index contributed by atoms with van der Waals surface area (Å²) in [6.07, 6.45) is -2.85. The van der Waals surface area contributed by atoms with Gasteiger partial charge >= 0.3 is 6.18 Å². The summed E-state index contributed by atoms with van der Waals surface area (Å²) in [5.41, 5.74) is -0.430. The Kier molecular flexibility index (Phi) is 4.24. The molecule has 0 radical (unpaired) electrons. The maximum atomic E-state index is 13.0. The summed E-state index contributed by atoms with van der Waals surface area (Å²) in [7, 11) is 0. The number of rotatable bonds is 3. The number of phenolic OH excluding ortho intramolecular Hbond substituents is 1. The molecule has 2 atom stereocenters. The van der Waals surface area contributed by atoms with Crippen LogP contribution in [0.3, 0.4) is 0 Å². The van der Waals surface area contributed by atoms with Crippen LogP contribution in [0.4, 0.5) is 24.5 Å². The number of nitro groups is 1. The van der Waals surface area contributed by atoms with Crippen molar-refractivity contribution in [3.63, 3.8) is 0 Å². The predicted octanol–water partition coefficient (Wildman–Crippen LogP) is 3.83. The molecule has 0 spiro atoms. The molecular weight excluding hydrogens is 289 g/mol. The van der Waals surface area contributed by atoms with E-state index in [1.807, 2.05) is 0 Å². The second kappa shape index (κ2) is 5.79. The molecule has 2 rings (SSSR count). The SMILES string of the molecule is O=[N+]([O-])c1cc(O)ccc1NC1CCCCC1C(F)(F)F. The summed E-state index contributed by atoms with van der Waals surface area (Å²) in [6, 6.07) is 2.48. The number of hydrogen-bond acceptors (Lipinski definition) is 4. The summed E-state index contributed by atoms with van der Waals surface area (Å²) in [6.45, 7) is 0. The van der Waals surface area contributed by atoms with E-state index in [9.17, 15) is 28.4 Å². The molecule has 0 saturated heterocycles. The van der Waals surface area contributed by atoms with Crippen molar-refractivity contribution in [2.45, 2.75) is 37.9 Å². The zero-order valence-electron chi connectivity index (χ0n) is 11.1. The molecule has 1 aliphatic carbocycles. The van der Waals surface area contributed by atoms with E-state index in [0.29, 0.717) is 19.3 Å². The Morgan fingerprint density at radius 3 is 2.57 bits per heavy atom. The average Bonchev–Trinajstić information content (AvgIpc) is 2.40. The first kappa shape index (κ1) is 15.4. The van der Waals surface area contributed by atoms with Gasteiger partial charge in [-0.2, -0.15) is 13.2 Å². The monoisotopic (exact) mass is 304 g/mol. The Morgan fingerprint density at radius 2 is 1.95 bits per heavy atom. The molecule has 5 nitrogen and oxygen atoms in total. The van der Waals surface area contributed by atoms with E-state index in [1.54, 1.807) is 0 Å². The summed E-state index contributed by atoms with van der Waals surface area (Å²) in [5, 5.41) is 22.8. The first-order valence-electron chi connectivity index (χ1n) is 6.59. The van der Waals surface area contributed by atoms with Gasteiger partial charge in [-0.05, 0) is 25.0 Å². The number of nitrogens with zero attached hydrogens (tertiary/aromatic N) is 1. The van der Waals surface area contributed by atoms with Crippen LogP contribution >= 0.6 is 0 Å². The Bertz CT molecular complexity index is 534. The van der Waals surface area contributed by atoms with E-state index < -0.39 is 28.7 Å². The predicted molar refractivity (Wildman–Crippen MR) is 70.2 cm³/mol. The van der Waals surface area contributed by atoms with Crippen LogP contribution in [0, 0.1) is 16.0 Å². The van der Waals surface area contributed by atoms with E-state index in [4.69, 9.17) is 0 Å². The van der Waals surface area contributed by atoms with Crippen LogP contribution in [0.15, 0.2) is 18.2 Å². The number of nitrogens with one attached hydrogen (secondary N) is 1. The van der Waals surface area contributed by atoms with Crippen molar-refractivity contribution in [2.75, 3.05) is 5.32 Å². The molecule has 116 valence electrons. The smallest absolute Gasteiger partial charge is 0.393 e. The van der Waals surface area contributed by atoms with Crippen molar-refractivity contribution in [3.8, 4) is 5.75 Å². The Balaban J connectivity index is 2.25. The lowest BCUT2D eigenvalue weighted by atomic mass is 9.84. The molecule has 2 unspecified atom stereocenters. The minimum Gasteiger partial charge on any atom is -0.508 e. The van der Waals surface area contributed by atoms with Gasteiger partial charge in [0.2, 0.25) is 0 Å². The number of hydrogen-bond donors (Lipinski definition) is 2. The van der Waals surface area contributed by atoms with E-state index in [2.05, 4.69) is 5.32 Å². The highest BCUT2D eigenvalue weighted by Gasteiger charge is 2.45. The number of alkyl halides is 3. The molecule has 0 amide bonds. The second-order valence-corrected chi connectivity index (χ2v) is 5.14. The Morgan fingerprint density at radius 1 is 1.29 bits per heavy atom. The summed E-state index contributed by atoms with van der Waals surface area (Å²) < 4.78 is 39.0. The standard InChI is InChI=1S/C13H15F3N2O3/c14-13(15,16)9-3-1-2-4-10(9)17-11-6-5-8(19)7-12(11)18(20)21/h5-7,9-10,17,19H,1-4H2. The average molecular weight is 304 g/mol. The molecule has 2 N–H and O–H groups in total. The normalized spacial score (nSPS) is 22.8. The van der Waals surface area contributed by atoms with Crippen molar-refractivity contribution in [1.82, 2.24) is 0 Å². The van der Waals surface area contributed by atoms with Crippen molar-refractivity contribution < 1.29 is 23.2 Å². The highest BCUT2D eigenvalue weighted by atomic mass is 19.4. The second-order valence-electron chi connectivity index (χ2n) is 5.14. The van der Waals surface area contributed by atoms with Gasteiger partial charge in [-0.25, -0.2) is 0 Å². The van der Waals surface area contributed by atoms with Crippen LogP contribution in [0.25, 0.3) is 0 Å². The summed E-state index contributed by atoms with van der Waals surface area (Å²) >= 11 is 0. The third kappa shape index (κ3) is 3.56. The third-order valence-electron chi connectivity index (χ3n) is 3.71. The van der Waals surface area contributed by atoms with Gasteiger partial charge in [0.25, 0.3) is 5.69 Å². The van der Waals surface area contributed by atoms with Crippen molar-refractivity contribution in [3.05, 3.63) is 28.3 Å². The van der Waals surface area contributed by atoms with Crippen molar-refractivity contribution in [2.24, 2.45) is 5.92 Å². The van der Waals surface area contributed by atoms with Crippen LogP contribution < -0.4 is 5.32 Å². The first-order chi connectivity index (χ1) is 9.79. The van der Waals surface area contributed by atoms with Crippen LogP contribution in [0.2, 0.25) is 0 Å². The molecule has 0 heterocycles. The van der Waals surface area contributed by atoms with E-state index in [-0.39, 0.29) is 17.9 Å². The fourth-order valence-corrected chi connectivity index (χ4v) is 2.69. The highest BCUT2D eigenvalue weighted by Crippen LogP contribution is 2.40. The lowest BCUT2D eigenvalue weighted by Crippen LogP contribution is -2.41. The molecule has 1 aromatic rings. The number of benzene rings is 1. The summed E-state index contributed by atoms with van der Waals surface area (Å²) in [5.74, 6) is -1.82. The molecule has 1 aliphatic rings. The quantitative estimate of drug-likeness (QED) is 0.505. The highest BCUT2D eigenvalue weighted by molar-refractivity contribution is 5.64. The number of nitro benzene ring substituents is 1. The van der Waals surface area contributed by atoms with Gasteiger partial charge in [0, 0.05) is 6.04 Å². The fourth-order valence-electron chi connectivity index (χ4n) is 2.69. The molecule has 21 heavy (non-hydrogen) atoms. The molecule has 1 fully saturated rings. The van der Waals surface area contributed by atoms with Gasteiger partial charge < -0.3 is 10.4 Å². The molecule has 1 saturated carbocycles. The fraction of sp³-hybridized carbons (Fsp3) is 0.538. The van der Waals surface area contributed by atoms with Crippen molar-refractivity contribution >= 4 is 11.4 Å². The molecule has 0 aromatic heterocycles. The van der Waals surface area contributed by atoms with E-state index >= 15 is 0 Å². The third-order valence-corrected chi connectivity index (χ3v) is 3.71. The first-order valence-corrected chi connectivity index (χ1v) is 6.59. The van der Waals surface area contributed by atoms with Crippen molar-refractivity contribution in [1.29, 1.82) is 0 Å². The lowest BCUT2D eigenvalue weighted by Gasteiger charge is -2.34. The summed E-state index contributed by atoms with van der Waals surface area (Å²) in [4.78, 5) is 10.2. The van der Waals surface area contributed by atoms with Gasteiger partial charge in [0.05, 0.1) is 16.9 Å².